The maximum absolute atomic E-state index is 2.49. The molecule has 0 aliphatic heterocycles. The van der Waals surface area contributed by atoms with Crippen molar-refractivity contribution in [2.45, 2.75) is 41.5 Å². The van der Waals surface area contributed by atoms with Crippen LogP contribution in [-0.4, -0.2) is 6.71 Å². The van der Waals surface area contributed by atoms with E-state index in [0.29, 0.717) is 0 Å². The van der Waals surface area contributed by atoms with Crippen molar-refractivity contribution in [1.82, 2.24) is 0 Å². The van der Waals surface area contributed by atoms with Gasteiger partial charge >= 0.3 is 0 Å². The quantitative estimate of drug-likeness (QED) is 0.120. The van der Waals surface area contributed by atoms with Gasteiger partial charge in [-0.3, -0.25) is 0 Å². The standard InChI is InChI=1S/C60H53BN2/c1-42-35-44(3)59(45(4)36-42)61(60-46(5)37-43(2)38-47(60)6)58-41-49(48-21-19-31-55(39-48)62(51-23-11-7-12-24-51)52-25-13-8-14-26-52)33-34-57(58)50-22-20-32-56(40-50)63(53-27-15-9-16-28-53)54-29-17-10-18-30-54/h7-41H,1-6H3. The molecular weight excluding hydrogens is 759 g/mol. The average Bonchev–Trinajstić information content (AvgIpc) is 3.29. The highest BCUT2D eigenvalue weighted by atomic mass is 15.1. The predicted molar refractivity (Wildman–Crippen MR) is 273 cm³/mol. The number of para-hydroxylation sites is 4. The van der Waals surface area contributed by atoms with Gasteiger partial charge in [0.25, 0.3) is 0 Å². The molecule has 0 heterocycles. The Hall–Kier alpha value is -7.36. The third-order valence-corrected chi connectivity index (χ3v) is 12.3. The first-order chi connectivity index (χ1) is 30.7. The fourth-order valence-corrected chi connectivity index (χ4v) is 9.83. The zero-order valence-electron chi connectivity index (χ0n) is 37.2. The Kier molecular flexibility index (Phi) is 11.7. The number of benzene rings is 9. The minimum Gasteiger partial charge on any atom is -0.310 e. The van der Waals surface area contributed by atoms with Crippen LogP contribution in [0.15, 0.2) is 212 Å². The molecule has 3 heteroatoms. The Morgan fingerprint density at radius 1 is 0.286 bits per heavy atom. The Morgan fingerprint density at radius 2 is 0.619 bits per heavy atom. The van der Waals surface area contributed by atoms with Crippen LogP contribution in [-0.2, 0) is 0 Å². The zero-order valence-corrected chi connectivity index (χ0v) is 37.2. The molecule has 9 aromatic rings. The predicted octanol–water partition coefficient (Wildman–Crippen LogP) is 14.3. The van der Waals surface area contributed by atoms with Crippen molar-refractivity contribution in [2.24, 2.45) is 0 Å². The van der Waals surface area contributed by atoms with E-state index in [1.807, 2.05) is 0 Å². The Labute approximate surface area is 374 Å². The third-order valence-electron chi connectivity index (χ3n) is 12.3. The SMILES string of the molecule is Cc1cc(C)c(B(c2cc(-c3cccc(N(c4ccccc4)c4ccccc4)c3)ccc2-c2cccc(N(c3ccccc3)c3ccccc3)c2)c2c(C)cc(C)cc2C)c(C)c1. The largest absolute Gasteiger partial charge is 0.310 e. The minimum atomic E-state index is -0.0301. The van der Waals surface area contributed by atoms with Gasteiger partial charge in [-0.25, -0.2) is 0 Å². The van der Waals surface area contributed by atoms with Crippen LogP contribution in [0.3, 0.4) is 0 Å². The van der Waals surface area contributed by atoms with Crippen molar-refractivity contribution < 1.29 is 0 Å². The lowest BCUT2D eigenvalue weighted by molar-refractivity contribution is 1.28. The second-order valence-electron chi connectivity index (χ2n) is 17.0. The third kappa shape index (κ3) is 8.48. The summed E-state index contributed by atoms with van der Waals surface area (Å²) in [6.07, 6.45) is 0. The lowest BCUT2D eigenvalue weighted by Gasteiger charge is -2.28. The number of aryl methyl sites for hydroxylation is 6. The monoisotopic (exact) mass is 812 g/mol. The molecule has 0 radical (unpaired) electrons. The number of rotatable bonds is 11. The summed E-state index contributed by atoms with van der Waals surface area (Å²) in [5.41, 5.74) is 23.3. The number of anilines is 6. The molecule has 0 saturated heterocycles. The molecule has 306 valence electrons. The molecule has 0 spiro atoms. The van der Waals surface area contributed by atoms with E-state index in [1.165, 1.54) is 72.0 Å². The maximum Gasteiger partial charge on any atom is 0.243 e. The van der Waals surface area contributed by atoms with Crippen LogP contribution in [0.25, 0.3) is 22.3 Å². The summed E-state index contributed by atoms with van der Waals surface area (Å²) < 4.78 is 0. The molecule has 0 unspecified atom stereocenters. The summed E-state index contributed by atoms with van der Waals surface area (Å²) in [5.74, 6) is 0. The van der Waals surface area contributed by atoms with Crippen molar-refractivity contribution in [1.29, 1.82) is 0 Å². The van der Waals surface area contributed by atoms with Crippen LogP contribution in [0.4, 0.5) is 34.1 Å². The normalized spacial score (nSPS) is 11.0. The summed E-state index contributed by atoms with van der Waals surface area (Å²) in [4.78, 5) is 4.70. The number of hydrogen-bond acceptors (Lipinski definition) is 2. The van der Waals surface area contributed by atoms with Gasteiger partial charge in [-0.1, -0.05) is 189 Å². The van der Waals surface area contributed by atoms with Crippen molar-refractivity contribution in [2.75, 3.05) is 9.80 Å². The molecule has 63 heavy (non-hydrogen) atoms. The van der Waals surface area contributed by atoms with E-state index < -0.39 is 0 Å². The van der Waals surface area contributed by atoms with Crippen LogP contribution in [0, 0.1) is 41.5 Å². The molecule has 9 rings (SSSR count). The van der Waals surface area contributed by atoms with E-state index in [2.05, 4.69) is 264 Å². The fourth-order valence-electron chi connectivity index (χ4n) is 9.83. The van der Waals surface area contributed by atoms with Crippen LogP contribution in [0.5, 0.6) is 0 Å². The Morgan fingerprint density at radius 3 is 1.02 bits per heavy atom. The number of nitrogens with zero attached hydrogens (tertiary/aromatic N) is 2. The first-order valence-electron chi connectivity index (χ1n) is 22.0. The van der Waals surface area contributed by atoms with Crippen LogP contribution < -0.4 is 26.2 Å². The van der Waals surface area contributed by atoms with E-state index >= 15 is 0 Å². The molecule has 2 nitrogen and oxygen atoms in total. The Bertz CT molecular complexity index is 2830. The Balaban J connectivity index is 1.29. The molecule has 0 fully saturated rings. The lowest BCUT2D eigenvalue weighted by Crippen LogP contribution is -2.56. The van der Waals surface area contributed by atoms with E-state index in [1.54, 1.807) is 0 Å². The molecule has 0 amide bonds. The van der Waals surface area contributed by atoms with Gasteiger partial charge in [0, 0.05) is 34.1 Å². The summed E-state index contributed by atoms with van der Waals surface area (Å²) >= 11 is 0. The van der Waals surface area contributed by atoms with Crippen molar-refractivity contribution >= 4 is 57.2 Å². The highest BCUT2D eigenvalue weighted by Crippen LogP contribution is 2.39. The second-order valence-corrected chi connectivity index (χ2v) is 17.0. The maximum atomic E-state index is 2.49. The molecule has 0 aliphatic carbocycles. The molecule has 0 saturated carbocycles. The van der Waals surface area contributed by atoms with Gasteiger partial charge in [0.1, 0.15) is 0 Å². The highest BCUT2D eigenvalue weighted by Gasteiger charge is 2.31. The van der Waals surface area contributed by atoms with Gasteiger partial charge in [0.2, 0.25) is 6.71 Å². The lowest BCUT2D eigenvalue weighted by atomic mass is 9.33. The molecule has 0 N–H and O–H groups in total. The smallest absolute Gasteiger partial charge is 0.243 e. The molecule has 9 aromatic carbocycles. The fraction of sp³-hybridized carbons (Fsp3) is 0.100. The van der Waals surface area contributed by atoms with E-state index in [4.69, 9.17) is 0 Å². The number of hydrogen-bond donors (Lipinski definition) is 0. The molecule has 0 atom stereocenters. The topological polar surface area (TPSA) is 6.48 Å². The molecule has 0 aliphatic rings. The van der Waals surface area contributed by atoms with Gasteiger partial charge in [-0.15, -0.1) is 0 Å². The van der Waals surface area contributed by atoms with Crippen molar-refractivity contribution in [3.63, 3.8) is 0 Å². The summed E-state index contributed by atoms with van der Waals surface area (Å²) in [6.45, 7) is 13.6. The van der Waals surface area contributed by atoms with Gasteiger partial charge in [-0.2, -0.15) is 0 Å². The van der Waals surface area contributed by atoms with E-state index in [0.717, 1.165) is 34.1 Å². The highest BCUT2D eigenvalue weighted by molar-refractivity contribution is 6.97. The molecule has 0 bridgehead atoms. The van der Waals surface area contributed by atoms with Crippen molar-refractivity contribution in [3.8, 4) is 22.3 Å². The first kappa shape index (κ1) is 41.0. The molecular formula is C60H53BN2. The van der Waals surface area contributed by atoms with E-state index in [9.17, 15) is 0 Å². The summed E-state index contributed by atoms with van der Waals surface area (Å²) in [5, 5.41) is 0. The van der Waals surface area contributed by atoms with Gasteiger partial charge in [0.15, 0.2) is 0 Å². The summed E-state index contributed by atoms with van der Waals surface area (Å²) in [6, 6.07) is 77.4. The van der Waals surface area contributed by atoms with Crippen LogP contribution >= 0.6 is 0 Å². The van der Waals surface area contributed by atoms with Gasteiger partial charge in [-0.05, 0) is 137 Å². The second kappa shape index (κ2) is 17.9. The van der Waals surface area contributed by atoms with Crippen LogP contribution in [0.1, 0.15) is 33.4 Å². The van der Waals surface area contributed by atoms with Crippen molar-refractivity contribution in [3.05, 3.63) is 246 Å². The minimum absolute atomic E-state index is 0.0301. The summed E-state index contributed by atoms with van der Waals surface area (Å²) in [7, 11) is 0. The van der Waals surface area contributed by atoms with E-state index in [-0.39, 0.29) is 6.71 Å². The van der Waals surface area contributed by atoms with Gasteiger partial charge in [0.05, 0.1) is 0 Å². The van der Waals surface area contributed by atoms with Gasteiger partial charge < -0.3 is 9.80 Å². The molecule has 0 aromatic heterocycles. The first-order valence-corrected chi connectivity index (χ1v) is 22.0. The average molecular weight is 813 g/mol. The van der Waals surface area contributed by atoms with Crippen LogP contribution in [0.2, 0.25) is 0 Å². The zero-order chi connectivity index (χ0) is 43.5.